The lowest BCUT2D eigenvalue weighted by molar-refractivity contribution is 0.675. The third-order valence-electron chi connectivity index (χ3n) is 1.95. The maximum absolute atomic E-state index is 13.0. The van der Waals surface area contributed by atoms with Crippen molar-refractivity contribution in [2.75, 3.05) is 5.32 Å². The summed E-state index contributed by atoms with van der Waals surface area (Å²) >= 11 is 0. The summed E-state index contributed by atoms with van der Waals surface area (Å²) in [6.07, 6.45) is 2.46. The molecule has 90 valence electrons. The van der Waals surface area contributed by atoms with Crippen molar-refractivity contribution in [2.24, 2.45) is 16.5 Å². The van der Waals surface area contributed by atoms with Crippen LogP contribution in [0.3, 0.4) is 0 Å². The summed E-state index contributed by atoms with van der Waals surface area (Å²) < 4.78 is 13.0. The number of nitrogens with one attached hydrogen (secondary N) is 1. The highest BCUT2D eigenvalue weighted by Crippen LogP contribution is 2.10. The number of hydrogen-bond acceptors (Lipinski definition) is 3. The van der Waals surface area contributed by atoms with E-state index in [1.54, 1.807) is 13.0 Å². The normalized spacial score (nSPS) is 13.6. The average molecular weight is 234 g/mol. The van der Waals surface area contributed by atoms with Gasteiger partial charge in [0.2, 0.25) is 0 Å². The topological polar surface area (TPSA) is 76.4 Å². The van der Waals surface area contributed by atoms with Crippen LogP contribution >= 0.6 is 0 Å². The molecule has 5 N–H and O–H groups in total. The molecule has 0 atom stereocenters. The van der Waals surface area contributed by atoms with Crippen LogP contribution in [0, 0.1) is 0 Å². The summed E-state index contributed by atoms with van der Waals surface area (Å²) in [5.74, 6) is -0.561. The van der Waals surface area contributed by atoms with Crippen LogP contribution in [0.5, 0.6) is 0 Å². The van der Waals surface area contributed by atoms with Crippen molar-refractivity contribution in [1.29, 1.82) is 0 Å². The number of nitrogens with two attached hydrogens (primary N) is 2. The molecule has 0 spiro atoms. The van der Waals surface area contributed by atoms with Crippen molar-refractivity contribution in [2.45, 2.75) is 6.92 Å². The fourth-order valence-corrected chi connectivity index (χ4v) is 1.10. The highest BCUT2D eigenvalue weighted by molar-refractivity contribution is 5.95. The second-order valence-corrected chi connectivity index (χ2v) is 3.18. The molecule has 4 nitrogen and oxygen atoms in total. The Morgan fingerprint density at radius 2 is 2.00 bits per heavy atom. The molecule has 0 saturated heterocycles. The molecule has 0 aliphatic heterocycles. The van der Waals surface area contributed by atoms with Gasteiger partial charge in [0.1, 0.15) is 5.82 Å². The number of anilines is 1. The van der Waals surface area contributed by atoms with Crippen LogP contribution in [0.4, 0.5) is 10.1 Å². The van der Waals surface area contributed by atoms with Crippen molar-refractivity contribution < 1.29 is 4.39 Å². The van der Waals surface area contributed by atoms with E-state index in [1.165, 1.54) is 0 Å². The van der Waals surface area contributed by atoms with Crippen LogP contribution in [-0.4, -0.2) is 5.84 Å². The van der Waals surface area contributed by atoms with Crippen molar-refractivity contribution in [3.8, 4) is 0 Å². The van der Waals surface area contributed by atoms with Gasteiger partial charge in [-0.1, -0.05) is 18.2 Å². The van der Waals surface area contributed by atoms with E-state index in [0.717, 1.165) is 11.9 Å². The molecule has 1 aromatic rings. The van der Waals surface area contributed by atoms with Crippen molar-refractivity contribution >= 4 is 11.5 Å². The first-order valence-corrected chi connectivity index (χ1v) is 5.07. The molecule has 0 fully saturated rings. The first-order chi connectivity index (χ1) is 8.17. The van der Waals surface area contributed by atoms with Gasteiger partial charge in [-0.2, -0.15) is 0 Å². The highest BCUT2D eigenvalue weighted by atomic mass is 19.1. The fourth-order valence-electron chi connectivity index (χ4n) is 1.10. The molecule has 17 heavy (non-hydrogen) atoms. The van der Waals surface area contributed by atoms with Gasteiger partial charge in [-0.25, -0.2) is 9.38 Å². The van der Waals surface area contributed by atoms with Crippen molar-refractivity contribution in [1.82, 2.24) is 0 Å². The van der Waals surface area contributed by atoms with Gasteiger partial charge in [0, 0.05) is 11.9 Å². The van der Waals surface area contributed by atoms with Gasteiger partial charge in [0.25, 0.3) is 0 Å². The summed E-state index contributed by atoms with van der Waals surface area (Å²) in [5.41, 5.74) is 11.3. The standard InChI is InChI=1S/C12H15FN4/c1-2-11(17-12(15)10(13)8-14)16-9-6-4-3-5-7-9/h2-8,16H,14H2,1H3,(H2,15,17)/b10-8?,11-2-. The Hall–Kier alpha value is -2.30. The molecule has 0 saturated carbocycles. The maximum Gasteiger partial charge on any atom is 0.180 e. The predicted molar refractivity (Wildman–Crippen MR) is 68.8 cm³/mol. The quantitative estimate of drug-likeness (QED) is 0.551. The summed E-state index contributed by atoms with van der Waals surface area (Å²) in [4.78, 5) is 3.88. The molecule has 0 heterocycles. The van der Waals surface area contributed by atoms with Gasteiger partial charge < -0.3 is 16.8 Å². The molecule has 0 radical (unpaired) electrons. The van der Waals surface area contributed by atoms with Crippen LogP contribution < -0.4 is 16.8 Å². The number of halogens is 1. The van der Waals surface area contributed by atoms with Gasteiger partial charge >= 0.3 is 0 Å². The third-order valence-corrected chi connectivity index (χ3v) is 1.95. The Bertz CT molecular complexity index is 449. The van der Waals surface area contributed by atoms with Crippen LogP contribution in [-0.2, 0) is 0 Å². The first-order valence-electron chi connectivity index (χ1n) is 5.07. The van der Waals surface area contributed by atoms with Crippen LogP contribution in [0.15, 0.2) is 59.2 Å². The molecule has 5 heteroatoms. The number of benzene rings is 1. The number of rotatable bonds is 4. The molecule has 0 aliphatic rings. The number of nitrogens with zero attached hydrogens (tertiary/aromatic N) is 1. The number of amidine groups is 1. The Kier molecular flexibility index (Phi) is 4.75. The molecular weight excluding hydrogens is 219 g/mol. The predicted octanol–water partition coefficient (Wildman–Crippen LogP) is 2.09. The second-order valence-electron chi connectivity index (χ2n) is 3.18. The summed E-state index contributed by atoms with van der Waals surface area (Å²) in [7, 11) is 0. The van der Waals surface area contributed by atoms with E-state index in [2.05, 4.69) is 10.3 Å². The number of para-hydroxylation sites is 1. The minimum absolute atomic E-state index is 0.260. The molecule has 1 rings (SSSR count). The van der Waals surface area contributed by atoms with Crippen molar-refractivity contribution in [3.63, 3.8) is 0 Å². The van der Waals surface area contributed by atoms with E-state index in [9.17, 15) is 4.39 Å². The van der Waals surface area contributed by atoms with E-state index in [4.69, 9.17) is 11.5 Å². The smallest absolute Gasteiger partial charge is 0.180 e. The largest absolute Gasteiger partial charge is 0.402 e. The molecule has 0 aromatic heterocycles. The number of hydrogen-bond donors (Lipinski definition) is 3. The zero-order chi connectivity index (χ0) is 12.7. The maximum atomic E-state index is 13.0. The SMILES string of the molecule is C/C=C(\N=C(N)C(F)=CN)Nc1ccccc1. The van der Waals surface area contributed by atoms with Gasteiger partial charge in [-0.3, -0.25) is 0 Å². The van der Waals surface area contributed by atoms with Crippen LogP contribution in [0.25, 0.3) is 0 Å². The Morgan fingerprint density at radius 3 is 2.53 bits per heavy atom. The minimum atomic E-state index is -0.751. The van der Waals surface area contributed by atoms with E-state index in [1.807, 2.05) is 30.3 Å². The summed E-state index contributed by atoms with van der Waals surface area (Å²) in [6.45, 7) is 1.77. The van der Waals surface area contributed by atoms with Gasteiger partial charge in [-0.05, 0) is 25.1 Å². The van der Waals surface area contributed by atoms with Gasteiger partial charge in [-0.15, -0.1) is 0 Å². The monoisotopic (exact) mass is 234 g/mol. The molecular formula is C12H15FN4. The van der Waals surface area contributed by atoms with E-state index < -0.39 is 5.83 Å². The van der Waals surface area contributed by atoms with E-state index >= 15 is 0 Å². The highest BCUT2D eigenvalue weighted by Gasteiger charge is 2.01. The third kappa shape index (κ3) is 3.98. The number of aliphatic imine (C=N–C) groups is 1. The van der Waals surface area contributed by atoms with Crippen LogP contribution in [0.2, 0.25) is 0 Å². The second kappa shape index (κ2) is 6.32. The minimum Gasteiger partial charge on any atom is -0.402 e. The summed E-state index contributed by atoms with van der Waals surface area (Å²) in [6, 6.07) is 9.38. The lowest BCUT2D eigenvalue weighted by Crippen LogP contribution is -2.15. The lowest BCUT2D eigenvalue weighted by atomic mass is 10.3. The fraction of sp³-hybridized carbons (Fsp3) is 0.0833. The zero-order valence-corrected chi connectivity index (χ0v) is 9.52. The molecule has 0 amide bonds. The first kappa shape index (κ1) is 12.8. The Morgan fingerprint density at radius 1 is 1.35 bits per heavy atom. The number of allylic oxidation sites excluding steroid dienone is 1. The van der Waals surface area contributed by atoms with E-state index in [-0.39, 0.29) is 5.84 Å². The average Bonchev–Trinajstić information content (AvgIpc) is 2.38. The Balaban J connectivity index is 2.82. The van der Waals surface area contributed by atoms with Crippen LogP contribution in [0.1, 0.15) is 6.92 Å². The van der Waals surface area contributed by atoms with Crippen molar-refractivity contribution in [3.05, 3.63) is 54.3 Å². The molecule has 1 aromatic carbocycles. The van der Waals surface area contributed by atoms with E-state index in [0.29, 0.717) is 5.82 Å². The summed E-state index contributed by atoms with van der Waals surface area (Å²) in [5, 5.41) is 3.00. The van der Waals surface area contributed by atoms with Gasteiger partial charge in [0.15, 0.2) is 11.7 Å². The molecule has 0 bridgehead atoms. The van der Waals surface area contributed by atoms with Gasteiger partial charge in [0.05, 0.1) is 0 Å². The zero-order valence-electron chi connectivity index (χ0n) is 9.52. The molecule has 0 unspecified atom stereocenters. The Labute approximate surface area is 99.5 Å². The molecule has 0 aliphatic carbocycles. The lowest BCUT2D eigenvalue weighted by Gasteiger charge is -2.06.